The fraction of sp³-hybridized carbons (Fsp3) is 0.500. The quantitative estimate of drug-likeness (QED) is 0.498. The van der Waals surface area contributed by atoms with Crippen LogP contribution in [0.5, 0.6) is 0 Å². The summed E-state index contributed by atoms with van der Waals surface area (Å²) in [6, 6.07) is 11.1. The van der Waals surface area contributed by atoms with Gasteiger partial charge in [-0.3, -0.25) is 9.59 Å². The van der Waals surface area contributed by atoms with Crippen LogP contribution in [0.25, 0.3) is 5.65 Å². The maximum atomic E-state index is 13.8. The molecule has 3 heterocycles. The topological polar surface area (TPSA) is 109 Å². The lowest BCUT2D eigenvalue weighted by Gasteiger charge is -2.43. The van der Waals surface area contributed by atoms with Crippen molar-refractivity contribution < 1.29 is 19.1 Å². The standard InChI is InChI=1S/C30H38N6O4/c1-19-17-36-25(32-26(19)35-13-12-22(18-35)31-28(39)40-29(3,4)5)14-24(33-36)20(2)34(6)27(38)30(15-23(37)16-30)21-10-8-7-9-11-21/h7-11,14,17,20,22H,12-13,15-16,18H2,1-6H3,(H,31,39)/t20-,22-/m0/s1. The summed E-state index contributed by atoms with van der Waals surface area (Å²) in [6.07, 6.45) is 2.78. The van der Waals surface area contributed by atoms with E-state index in [4.69, 9.17) is 14.8 Å². The molecule has 2 aromatic heterocycles. The highest BCUT2D eigenvalue weighted by Gasteiger charge is 2.52. The fourth-order valence-electron chi connectivity index (χ4n) is 5.66. The van der Waals surface area contributed by atoms with Crippen molar-refractivity contribution in [1.82, 2.24) is 24.8 Å². The van der Waals surface area contributed by atoms with Crippen LogP contribution in [-0.4, -0.2) is 69.1 Å². The Hall–Kier alpha value is -3.95. The molecule has 10 nitrogen and oxygen atoms in total. The number of carbonyl (C=O) groups is 3. The van der Waals surface area contributed by atoms with Crippen LogP contribution >= 0.6 is 0 Å². The number of carbonyl (C=O) groups excluding carboxylic acids is 3. The minimum absolute atomic E-state index is 0.0252. The Morgan fingerprint density at radius 1 is 1.20 bits per heavy atom. The summed E-state index contributed by atoms with van der Waals surface area (Å²) in [5.41, 5.74) is 1.89. The van der Waals surface area contributed by atoms with Crippen molar-refractivity contribution in [2.45, 2.75) is 77.0 Å². The molecular formula is C30H38N6O4. The van der Waals surface area contributed by atoms with Crippen LogP contribution in [-0.2, 0) is 19.7 Å². The van der Waals surface area contributed by atoms with Crippen molar-refractivity contribution in [3.05, 3.63) is 59.4 Å². The highest BCUT2D eigenvalue weighted by atomic mass is 16.6. The Kier molecular flexibility index (Phi) is 7.06. The smallest absolute Gasteiger partial charge is 0.407 e. The Labute approximate surface area is 234 Å². The number of nitrogens with zero attached hydrogens (tertiary/aromatic N) is 5. The average Bonchev–Trinajstić information content (AvgIpc) is 3.50. The van der Waals surface area contributed by atoms with E-state index in [2.05, 4.69) is 10.2 Å². The molecule has 10 heteroatoms. The number of anilines is 1. The summed E-state index contributed by atoms with van der Waals surface area (Å²) >= 11 is 0. The van der Waals surface area contributed by atoms with Gasteiger partial charge in [-0.15, -0.1) is 0 Å². The Morgan fingerprint density at radius 3 is 2.55 bits per heavy atom. The van der Waals surface area contributed by atoms with Gasteiger partial charge in [0.05, 0.1) is 23.2 Å². The van der Waals surface area contributed by atoms with E-state index in [0.717, 1.165) is 35.6 Å². The third-order valence-corrected chi connectivity index (χ3v) is 7.90. The molecule has 3 aromatic rings. The van der Waals surface area contributed by atoms with Crippen LogP contribution in [0.2, 0.25) is 0 Å². The second-order valence-electron chi connectivity index (χ2n) is 12.1. The summed E-state index contributed by atoms with van der Waals surface area (Å²) < 4.78 is 7.15. The number of nitrogens with one attached hydrogen (secondary N) is 1. The molecule has 2 aliphatic rings. The van der Waals surface area contributed by atoms with Crippen molar-refractivity contribution >= 4 is 29.2 Å². The number of aromatic nitrogens is 3. The zero-order valence-electron chi connectivity index (χ0n) is 24.1. The monoisotopic (exact) mass is 546 g/mol. The summed E-state index contributed by atoms with van der Waals surface area (Å²) in [5, 5.41) is 7.71. The van der Waals surface area contributed by atoms with E-state index in [-0.39, 0.29) is 36.6 Å². The van der Waals surface area contributed by atoms with Gasteiger partial charge in [-0.2, -0.15) is 5.10 Å². The average molecular weight is 547 g/mol. The molecule has 2 atom stereocenters. The van der Waals surface area contributed by atoms with Crippen molar-refractivity contribution in [2.24, 2.45) is 0 Å². The van der Waals surface area contributed by atoms with Gasteiger partial charge in [-0.1, -0.05) is 30.3 Å². The molecule has 2 fully saturated rings. The first-order valence-electron chi connectivity index (χ1n) is 13.8. The summed E-state index contributed by atoms with van der Waals surface area (Å²) in [4.78, 5) is 46.8. The van der Waals surface area contributed by atoms with Crippen LogP contribution in [0.15, 0.2) is 42.6 Å². The van der Waals surface area contributed by atoms with E-state index in [9.17, 15) is 14.4 Å². The van der Waals surface area contributed by atoms with E-state index in [0.29, 0.717) is 12.2 Å². The fourth-order valence-corrected chi connectivity index (χ4v) is 5.66. The van der Waals surface area contributed by atoms with Gasteiger partial charge in [0.15, 0.2) is 5.65 Å². The number of Topliss-reactive ketones (excluding diaryl/α,β-unsaturated/α-hetero) is 1. The van der Waals surface area contributed by atoms with Gasteiger partial charge in [-0.25, -0.2) is 14.3 Å². The van der Waals surface area contributed by atoms with E-state index in [1.54, 1.807) is 16.5 Å². The molecule has 0 radical (unpaired) electrons. The van der Waals surface area contributed by atoms with Crippen LogP contribution in [0.1, 0.15) is 69.8 Å². The normalized spacial score (nSPS) is 19.3. The molecular weight excluding hydrogens is 508 g/mol. The molecule has 212 valence electrons. The lowest BCUT2D eigenvalue weighted by atomic mass is 9.62. The summed E-state index contributed by atoms with van der Waals surface area (Å²) in [6.45, 7) is 10.9. The van der Waals surface area contributed by atoms with Gasteiger partial charge in [0.2, 0.25) is 5.91 Å². The highest BCUT2D eigenvalue weighted by Crippen LogP contribution is 2.44. The Balaban J connectivity index is 1.32. The second kappa shape index (κ2) is 10.2. The van der Waals surface area contributed by atoms with Crippen LogP contribution < -0.4 is 10.2 Å². The van der Waals surface area contributed by atoms with Gasteiger partial charge in [0.1, 0.15) is 17.2 Å². The second-order valence-corrected chi connectivity index (χ2v) is 12.1. The lowest BCUT2D eigenvalue weighted by molar-refractivity contribution is -0.148. The van der Waals surface area contributed by atoms with E-state index < -0.39 is 17.1 Å². The zero-order chi connectivity index (χ0) is 28.8. The number of amides is 2. The number of fused-ring (bicyclic) bond motifs is 1. The van der Waals surface area contributed by atoms with E-state index >= 15 is 0 Å². The number of likely N-dealkylation sites (N-methyl/N-ethyl adjacent to an activating group) is 1. The number of hydrogen-bond donors (Lipinski definition) is 1. The lowest BCUT2D eigenvalue weighted by Crippen LogP contribution is -2.54. The first-order chi connectivity index (χ1) is 18.9. The number of alkyl carbamates (subject to hydrolysis) is 1. The van der Waals surface area contributed by atoms with Gasteiger partial charge in [0.25, 0.3) is 0 Å². The molecule has 1 saturated carbocycles. The van der Waals surface area contributed by atoms with Crippen LogP contribution in [0.4, 0.5) is 10.6 Å². The van der Waals surface area contributed by atoms with Crippen molar-refractivity contribution in [1.29, 1.82) is 0 Å². The molecule has 1 aliphatic heterocycles. The van der Waals surface area contributed by atoms with E-state index in [1.165, 1.54) is 0 Å². The number of rotatable bonds is 6. The largest absolute Gasteiger partial charge is 0.444 e. The molecule has 40 heavy (non-hydrogen) atoms. The van der Waals surface area contributed by atoms with Crippen molar-refractivity contribution in [3.63, 3.8) is 0 Å². The highest BCUT2D eigenvalue weighted by molar-refractivity contribution is 6.04. The molecule has 1 aromatic carbocycles. The predicted molar refractivity (Wildman–Crippen MR) is 151 cm³/mol. The number of ketones is 1. The maximum Gasteiger partial charge on any atom is 0.407 e. The molecule has 1 N–H and O–H groups in total. The first-order valence-corrected chi connectivity index (χ1v) is 13.8. The molecule has 1 saturated heterocycles. The number of ether oxygens (including phenoxy) is 1. The third-order valence-electron chi connectivity index (χ3n) is 7.90. The van der Waals surface area contributed by atoms with Crippen molar-refractivity contribution in [3.8, 4) is 0 Å². The van der Waals surface area contributed by atoms with Gasteiger partial charge in [-0.05, 0) is 46.6 Å². The SMILES string of the molecule is Cc1cn2nc([C@H](C)N(C)C(=O)C3(c4ccccc4)CC(=O)C3)cc2nc1N1CC[C@H](NC(=O)OC(C)(C)C)C1. The van der Waals surface area contributed by atoms with Gasteiger partial charge >= 0.3 is 6.09 Å². The molecule has 2 amide bonds. The van der Waals surface area contributed by atoms with Crippen LogP contribution in [0, 0.1) is 6.92 Å². The van der Waals surface area contributed by atoms with Crippen LogP contribution in [0.3, 0.4) is 0 Å². The minimum Gasteiger partial charge on any atom is -0.444 e. The summed E-state index contributed by atoms with van der Waals surface area (Å²) in [5.74, 6) is 0.873. The zero-order valence-corrected chi connectivity index (χ0v) is 24.1. The molecule has 5 rings (SSSR count). The summed E-state index contributed by atoms with van der Waals surface area (Å²) in [7, 11) is 1.77. The number of aryl methyl sites for hydroxylation is 1. The molecule has 1 aliphatic carbocycles. The Morgan fingerprint density at radius 2 is 1.90 bits per heavy atom. The molecule has 0 spiro atoms. The van der Waals surface area contributed by atoms with Gasteiger partial charge < -0.3 is 19.9 Å². The van der Waals surface area contributed by atoms with Gasteiger partial charge in [0, 0.05) is 50.8 Å². The number of hydrogen-bond acceptors (Lipinski definition) is 7. The van der Waals surface area contributed by atoms with E-state index in [1.807, 2.05) is 77.2 Å². The Bertz CT molecular complexity index is 1440. The van der Waals surface area contributed by atoms with Crippen molar-refractivity contribution in [2.75, 3.05) is 25.0 Å². The number of benzene rings is 1. The molecule has 0 unspecified atom stereocenters. The molecule has 0 bridgehead atoms. The third kappa shape index (κ3) is 5.26. The minimum atomic E-state index is -0.817. The maximum absolute atomic E-state index is 13.8. The first kappa shape index (κ1) is 27.6. The predicted octanol–water partition coefficient (Wildman–Crippen LogP) is 3.96.